The fraction of sp³-hybridized carbons (Fsp3) is 0.263. The van der Waals surface area contributed by atoms with Gasteiger partial charge in [0.05, 0.1) is 11.1 Å². The lowest BCUT2D eigenvalue weighted by atomic mass is 10.2. The number of rotatable bonds is 8. The predicted molar refractivity (Wildman–Crippen MR) is 142 cm³/mol. The zero-order valence-corrected chi connectivity index (χ0v) is 23.5. The highest BCUT2D eigenvalue weighted by Crippen LogP contribution is 2.18. The Morgan fingerprint density at radius 3 is 1.57 bits per heavy atom. The molecule has 0 heterocycles. The zero-order valence-electron chi connectivity index (χ0n) is 14.9. The van der Waals surface area contributed by atoms with Gasteiger partial charge in [-0.15, -0.1) is 0 Å². The van der Waals surface area contributed by atoms with Gasteiger partial charge in [-0.25, -0.2) is 9.59 Å². The van der Waals surface area contributed by atoms with Gasteiger partial charge in [-0.2, -0.15) is 0 Å². The molecular weight excluding hydrogens is 814 g/mol. The van der Waals surface area contributed by atoms with E-state index < -0.39 is 0 Å². The lowest BCUT2D eigenvalue weighted by Crippen LogP contribution is -2.28. The summed E-state index contributed by atoms with van der Waals surface area (Å²) in [6.45, 7) is 1.67. The molecule has 0 fully saturated rings. The van der Waals surface area contributed by atoms with Crippen LogP contribution in [0.2, 0.25) is 0 Å². The van der Waals surface area contributed by atoms with Gasteiger partial charge in [-0.1, -0.05) is 0 Å². The van der Waals surface area contributed by atoms with E-state index >= 15 is 0 Å². The molecule has 0 aromatic heterocycles. The van der Waals surface area contributed by atoms with E-state index in [0.717, 1.165) is 14.3 Å². The highest BCUT2D eigenvalue weighted by molar-refractivity contribution is 14.1. The van der Waals surface area contributed by atoms with Gasteiger partial charge in [0.2, 0.25) is 0 Å². The Hall–Kier alpha value is 0.260. The number of halogens is 4. The third kappa shape index (κ3) is 7.83. The molecule has 9 heteroatoms. The van der Waals surface area contributed by atoms with Crippen LogP contribution in [0.4, 0.5) is 0 Å². The van der Waals surface area contributed by atoms with Crippen molar-refractivity contribution in [3.8, 4) is 0 Å². The summed E-state index contributed by atoms with van der Waals surface area (Å²) in [6, 6.07) is 11.3. The quantitative estimate of drug-likeness (QED) is 0.276. The second kappa shape index (κ2) is 12.2. The molecule has 150 valence electrons. The van der Waals surface area contributed by atoms with Crippen molar-refractivity contribution in [3.63, 3.8) is 0 Å². The summed E-state index contributed by atoms with van der Waals surface area (Å²) in [4.78, 5) is 26.4. The highest BCUT2D eigenvalue weighted by Gasteiger charge is 2.14. The maximum Gasteiger partial charge on any atom is 0.339 e. The minimum Gasteiger partial charge on any atom is -0.461 e. The fourth-order valence-corrected chi connectivity index (χ4v) is 4.26. The summed E-state index contributed by atoms with van der Waals surface area (Å²) in [5, 5.41) is 0. The monoisotopic (exact) mass is 831 g/mol. The van der Waals surface area contributed by atoms with Crippen molar-refractivity contribution in [2.75, 3.05) is 33.4 Å². The molecule has 0 saturated carbocycles. The molecule has 0 bridgehead atoms. The standard InChI is InChI=1S/C19H17I4NO4/c1-24(6-8-27-18(25)14-10-12(20)2-4-16(14)22)7-9-28-19(26)15-11-13(21)3-5-17(15)23/h2-5,10-11H,6-9H2,1H3. The maximum absolute atomic E-state index is 12.2. The molecule has 0 unspecified atom stereocenters. The number of carbonyl (C=O) groups is 2. The van der Waals surface area contributed by atoms with Crippen LogP contribution in [0.5, 0.6) is 0 Å². The molecule has 2 rings (SSSR count). The summed E-state index contributed by atoms with van der Waals surface area (Å²) >= 11 is 8.59. The zero-order chi connectivity index (χ0) is 20.7. The highest BCUT2D eigenvalue weighted by atomic mass is 127. The van der Waals surface area contributed by atoms with Crippen LogP contribution >= 0.6 is 90.4 Å². The van der Waals surface area contributed by atoms with Crippen LogP contribution in [-0.2, 0) is 9.47 Å². The van der Waals surface area contributed by atoms with Crippen molar-refractivity contribution in [2.24, 2.45) is 0 Å². The Morgan fingerprint density at radius 1 is 0.786 bits per heavy atom. The van der Waals surface area contributed by atoms with Crippen LogP contribution in [-0.4, -0.2) is 50.2 Å². The molecular formula is C19H17I4NO4. The Balaban J connectivity index is 1.72. The first-order valence-corrected chi connectivity index (χ1v) is 12.5. The third-order valence-electron chi connectivity index (χ3n) is 3.71. The van der Waals surface area contributed by atoms with Crippen molar-refractivity contribution < 1.29 is 19.1 Å². The van der Waals surface area contributed by atoms with Crippen molar-refractivity contribution in [3.05, 3.63) is 61.8 Å². The number of hydrogen-bond donors (Lipinski definition) is 0. The lowest BCUT2D eigenvalue weighted by Gasteiger charge is -2.17. The molecule has 5 nitrogen and oxygen atoms in total. The van der Waals surface area contributed by atoms with Crippen LogP contribution in [0.15, 0.2) is 36.4 Å². The molecule has 0 aliphatic heterocycles. The van der Waals surface area contributed by atoms with Crippen molar-refractivity contribution >= 4 is 102 Å². The smallest absolute Gasteiger partial charge is 0.339 e. The summed E-state index contributed by atoms with van der Waals surface area (Å²) in [7, 11) is 1.89. The van der Waals surface area contributed by atoms with Crippen LogP contribution in [0.3, 0.4) is 0 Å². The van der Waals surface area contributed by atoms with Crippen molar-refractivity contribution in [1.82, 2.24) is 4.90 Å². The summed E-state index contributed by atoms with van der Waals surface area (Å²) < 4.78 is 14.4. The average molecular weight is 831 g/mol. The van der Waals surface area contributed by atoms with E-state index in [-0.39, 0.29) is 25.2 Å². The summed E-state index contributed by atoms with van der Waals surface area (Å²) in [5.41, 5.74) is 1.16. The van der Waals surface area contributed by atoms with E-state index in [1.165, 1.54) is 0 Å². The fourth-order valence-electron chi connectivity index (χ4n) is 2.16. The normalized spacial score (nSPS) is 10.8. The molecule has 0 saturated heterocycles. The molecule has 2 aromatic rings. The van der Waals surface area contributed by atoms with E-state index in [0.29, 0.717) is 24.2 Å². The second-order valence-corrected chi connectivity index (χ2v) is 10.6. The van der Waals surface area contributed by atoms with Crippen LogP contribution in [0.1, 0.15) is 20.7 Å². The Kier molecular flexibility index (Phi) is 10.7. The first-order chi connectivity index (χ1) is 13.3. The van der Waals surface area contributed by atoms with Crippen molar-refractivity contribution in [1.29, 1.82) is 0 Å². The molecule has 0 radical (unpaired) electrons. The predicted octanol–water partition coefficient (Wildman–Crippen LogP) is 5.05. The van der Waals surface area contributed by atoms with Crippen LogP contribution in [0, 0.1) is 14.3 Å². The first-order valence-electron chi connectivity index (χ1n) is 8.21. The molecule has 0 aliphatic rings. The number of likely N-dealkylation sites (N-methyl/N-ethyl adjacent to an activating group) is 1. The van der Waals surface area contributed by atoms with Crippen LogP contribution < -0.4 is 0 Å². The minimum absolute atomic E-state index is 0.277. The average Bonchev–Trinajstić information content (AvgIpc) is 2.65. The van der Waals surface area contributed by atoms with Gasteiger partial charge < -0.3 is 9.47 Å². The first kappa shape index (κ1) is 24.5. The Morgan fingerprint density at radius 2 is 1.18 bits per heavy atom. The number of carbonyl (C=O) groups excluding carboxylic acids is 2. The minimum atomic E-state index is -0.323. The molecule has 0 aliphatic carbocycles. The van der Waals surface area contributed by atoms with E-state index in [1.54, 1.807) is 0 Å². The van der Waals surface area contributed by atoms with Gasteiger partial charge in [-0.3, -0.25) is 4.90 Å². The van der Waals surface area contributed by atoms with Gasteiger partial charge in [0.25, 0.3) is 0 Å². The van der Waals surface area contributed by atoms with Gasteiger partial charge in [-0.05, 0) is 134 Å². The van der Waals surface area contributed by atoms with Gasteiger partial charge in [0, 0.05) is 27.4 Å². The van der Waals surface area contributed by atoms with E-state index in [2.05, 4.69) is 90.4 Å². The second-order valence-electron chi connectivity index (χ2n) is 5.82. The Bertz CT molecular complexity index is 790. The molecule has 28 heavy (non-hydrogen) atoms. The van der Waals surface area contributed by atoms with E-state index in [1.807, 2.05) is 48.3 Å². The molecule has 2 aromatic carbocycles. The molecule has 0 amide bonds. The van der Waals surface area contributed by atoms with E-state index in [9.17, 15) is 9.59 Å². The number of ether oxygens (including phenoxy) is 2. The van der Waals surface area contributed by atoms with Gasteiger partial charge in [0.15, 0.2) is 0 Å². The lowest BCUT2D eigenvalue weighted by molar-refractivity contribution is 0.0418. The van der Waals surface area contributed by atoms with E-state index in [4.69, 9.17) is 9.47 Å². The molecule has 0 atom stereocenters. The number of nitrogens with zero attached hydrogens (tertiary/aromatic N) is 1. The summed E-state index contributed by atoms with van der Waals surface area (Å²) in [5.74, 6) is -0.646. The number of hydrogen-bond acceptors (Lipinski definition) is 5. The largest absolute Gasteiger partial charge is 0.461 e. The molecule has 0 spiro atoms. The maximum atomic E-state index is 12.2. The van der Waals surface area contributed by atoms with Crippen LogP contribution in [0.25, 0.3) is 0 Å². The van der Waals surface area contributed by atoms with Gasteiger partial charge in [0.1, 0.15) is 13.2 Å². The van der Waals surface area contributed by atoms with Gasteiger partial charge >= 0.3 is 11.9 Å². The SMILES string of the molecule is CN(CCOC(=O)c1cc(I)ccc1I)CCOC(=O)c1cc(I)ccc1I. The number of esters is 2. The Labute approximate surface area is 218 Å². The van der Waals surface area contributed by atoms with Crippen molar-refractivity contribution in [2.45, 2.75) is 0 Å². The number of benzene rings is 2. The summed E-state index contributed by atoms with van der Waals surface area (Å²) in [6.07, 6.45) is 0. The third-order valence-corrected chi connectivity index (χ3v) is 6.93. The molecule has 0 N–H and O–H groups in total. The topological polar surface area (TPSA) is 55.8 Å².